The van der Waals surface area contributed by atoms with E-state index in [0.29, 0.717) is 49.3 Å². The highest BCUT2D eigenvalue weighted by molar-refractivity contribution is 5.93. The van der Waals surface area contributed by atoms with Crippen molar-refractivity contribution in [2.24, 2.45) is 5.92 Å². The van der Waals surface area contributed by atoms with Crippen LogP contribution in [0.25, 0.3) is 0 Å². The molecule has 1 atom stereocenters. The molecule has 3 aromatic rings. The van der Waals surface area contributed by atoms with E-state index in [0.717, 1.165) is 42.5 Å². The molecule has 34 heavy (non-hydrogen) atoms. The molecule has 0 spiro atoms. The van der Waals surface area contributed by atoms with Gasteiger partial charge in [0, 0.05) is 31.5 Å². The Morgan fingerprint density at radius 3 is 2.62 bits per heavy atom. The Balaban J connectivity index is 1.08. The maximum atomic E-state index is 13.8. The molecule has 1 aliphatic heterocycles. The summed E-state index contributed by atoms with van der Waals surface area (Å²) in [6.45, 7) is 4.25. The maximum absolute atomic E-state index is 13.8. The number of amides is 1. The molecule has 1 amide bonds. The second kappa shape index (κ2) is 9.84. The standard InChI is InChI=1S/C24H28FN7O2/c1-15-6-17-7-20(8-18(17)9-22(15)25)29-24-26-10-19(11-27-24)23(33)32-4-2-16(3-5-32)13-34-14-21-12-28-31-30-21/h6,9-12,16,20H,2-5,7-8,13-14H2,1H3,(H,26,27,29)(H,28,30,31). The monoisotopic (exact) mass is 465 g/mol. The van der Waals surface area contributed by atoms with Crippen molar-refractivity contribution >= 4 is 11.9 Å². The number of carbonyl (C=O) groups is 1. The summed E-state index contributed by atoms with van der Waals surface area (Å²) in [7, 11) is 0. The molecule has 178 valence electrons. The zero-order valence-electron chi connectivity index (χ0n) is 19.1. The number of nitrogens with one attached hydrogen (secondary N) is 2. The number of hydrogen-bond acceptors (Lipinski definition) is 7. The van der Waals surface area contributed by atoms with E-state index in [-0.39, 0.29) is 17.8 Å². The van der Waals surface area contributed by atoms with Crippen molar-refractivity contribution in [3.8, 4) is 0 Å². The minimum Gasteiger partial charge on any atom is -0.375 e. The summed E-state index contributed by atoms with van der Waals surface area (Å²) in [5, 5.41) is 13.6. The molecular weight excluding hydrogens is 437 g/mol. The minimum absolute atomic E-state index is 0.0484. The number of piperidine rings is 1. The normalized spacial score (nSPS) is 18.2. The summed E-state index contributed by atoms with van der Waals surface area (Å²) in [5.74, 6) is 0.690. The van der Waals surface area contributed by atoms with E-state index in [1.54, 1.807) is 31.6 Å². The summed E-state index contributed by atoms with van der Waals surface area (Å²) in [6, 6.07) is 3.66. The number of aromatic amines is 1. The molecular formula is C24H28FN7O2. The lowest BCUT2D eigenvalue weighted by Gasteiger charge is -2.31. The zero-order chi connectivity index (χ0) is 23.5. The van der Waals surface area contributed by atoms with Gasteiger partial charge in [0.25, 0.3) is 5.91 Å². The Kier molecular flexibility index (Phi) is 6.48. The first-order chi connectivity index (χ1) is 16.5. The molecule has 2 aromatic heterocycles. The lowest BCUT2D eigenvalue weighted by atomic mass is 9.97. The van der Waals surface area contributed by atoms with Gasteiger partial charge in [-0.3, -0.25) is 4.79 Å². The number of H-pyrrole nitrogens is 1. The summed E-state index contributed by atoms with van der Waals surface area (Å²) >= 11 is 0. The second-order valence-corrected chi connectivity index (χ2v) is 9.13. The van der Waals surface area contributed by atoms with E-state index in [1.807, 2.05) is 11.0 Å². The van der Waals surface area contributed by atoms with Crippen molar-refractivity contribution in [1.29, 1.82) is 0 Å². The smallest absolute Gasteiger partial charge is 0.256 e. The van der Waals surface area contributed by atoms with Gasteiger partial charge in [0.1, 0.15) is 11.5 Å². The van der Waals surface area contributed by atoms with Crippen LogP contribution in [0.4, 0.5) is 10.3 Å². The number of fused-ring (bicyclic) bond motifs is 1. The molecule has 3 heterocycles. The highest BCUT2D eigenvalue weighted by atomic mass is 19.1. The lowest BCUT2D eigenvalue weighted by molar-refractivity contribution is 0.0470. The van der Waals surface area contributed by atoms with Gasteiger partial charge in [0.2, 0.25) is 5.95 Å². The van der Waals surface area contributed by atoms with Gasteiger partial charge in [-0.1, -0.05) is 6.07 Å². The molecule has 1 unspecified atom stereocenters. The lowest BCUT2D eigenvalue weighted by Crippen LogP contribution is -2.39. The third kappa shape index (κ3) is 5.06. The van der Waals surface area contributed by atoms with Gasteiger partial charge in [0.05, 0.1) is 25.0 Å². The molecule has 1 saturated heterocycles. The SMILES string of the molecule is Cc1cc2c(cc1F)CC(Nc1ncc(C(=O)N3CCC(COCc4cn[nH]n4)CC3)cn1)C2. The Bertz CT molecular complexity index is 1100. The van der Waals surface area contributed by atoms with Crippen LogP contribution >= 0.6 is 0 Å². The quantitative estimate of drug-likeness (QED) is 0.552. The van der Waals surface area contributed by atoms with Crippen LogP contribution in [0.3, 0.4) is 0 Å². The highest BCUT2D eigenvalue weighted by Gasteiger charge is 2.26. The number of benzene rings is 1. The number of aromatic nitrogens is 5. The van der Waals surface area contributed by atoms with Gasteiger partial charge in [-0.15, -0.1) is 0 Å². The van der Waals surface area contributed by atoms with Crippen molar-refractivity contribution in [2.45, 2.75) is 45.3 Å². The van der Waals surface area contributed by atoms with E-state index < -0.39 is 0 Å². The van der Waals surface area contributed by atoms with Gasteiger partial charge in [-0.05, 0) is 61.3 Å². The number of aryl methyl sites for hydroxylation is 1. The molecule has 5 rings (SSSR count). The number of hydrogen-bond donors (Lipinski definition) is 2. The Hall–Kier alpha value is -3.40. The van der Waals surface area contributed by atoms with Crippen LogP contribution in [0.2, 0.25) is 0 Å². The molecule has 0 saturated carbocycles. The van der Waals surface area contributed by atoms with Crippen molar-refractivity contribution in [2.75, 3.05) is 25.0 Å². The third-order valence-corrected chi connectivity index (χ3v) is 6.62. The van der Waals surface area contributed by atoms with Gasteiger partial charge in [0.15, 0.2) is 0 Å². The average Bonchev–Trinajstić information content (AvgIpc) is 3.49. The van der Waals surface area contributed by atoms with Crippen LogP contribution in [0.5, 0.6) is 0 Å². The summed E-state index contributed by atoms with van der Waals surface area (Å²) in [5.41, 5.74) is 4.13. The molecule has 0 bridgehead atoms. The molecule has 1 fully saturated rings. The summed E-state index contributed by atoms with van der Waals surface area (Å²) in [6.07, 6.45) is 8.14. The number of halogens is 1. The number of nitrogens with zero attached hydrogens (tertiary/aromatic N) is 5. The van der Waals surface area contributed by atoms with Gasteiger partial charge in [-0.25, -0.2) is 14.4 Å². The Labute approximate surface area is 197 Å². The Morgan fingerprint density at radius 2 is 1.91 bits per heavy atom. The van der Waals surface area contributed by atoms with Gasteiger partial charge in [-0.2, -0.15) is 15.4 Å². The molecule has 1 aliphatic carbocycles. The third-order valence-electron chi connectivity index (χ3n) is 6.62. The first kappa shape index (κ1) is 22.4. The van der Waals surface area contributed by atoms with Gasteiger partial charge >= 0.3 is 0 Å². The molecule has 0 radical (unpaired) electrons. The van der Waals surface area contributed by atoms with Crippen molar-refractivity contribution in [3.05, 3.63) is 64.5 Å². The summed E-state index contributed by atoms with van der Waals surface area (Å²) < 4.78 is 19.6. The fraction of sp³-hybridized carbons (Fsp3) is 0.458. The first-order valence-electron chi connectivity index (χ1n) is 11.6. The predicted octanol–water partition coefficient (Wildman–Crippen LogP) is 2.69. The van der Waals surface area contributed by atoms with E-state index in [1.165, 1.54) is 0 Å². The van der Waals surface area contributed by atoms with E-state index in [4.69, 9.17) is 4.74 Å². The average molecular weight is 466 g/mol. The second-order valence-electron chi connectivity index (χ2n) is 9.13. The molecule has 2 N–H and O–H groups in total. The topological polar surface area (TPSA) is 109 Å². The minimum atomic E-state index is -0.165. The van der Waals surface area contributed by atoms with E-state index in [2.05, 4.69) is 30.7 Å². The predicted molar refractivity (Wildman–Crippen MR) is 123 cm³/mol. The van der Waals surface area contributed by atoms with E-state index >= 15 is 0 Å². The van der Waals surface area contributed by atoms with E-state index in [9.17, 15) is 9.18 Å². The van der Waals surface area contributed by atoms with Crippen LogP contribution < -0.4 is 5.32 Å². The van der Waals surface area contributed by atoms with Gasteiger partial charge < -0.3 is 15.0 Å². The largest absolute Gasteiger partial charge is 0.375 e. The number of likely N-dealkylation sites (tertiary alicyclic amines) is 1. The highest BCUT2D eigenvalue weighted by Crippen LogP contribution is 2.26. The first-order valence-corrected chi connectivity index (χ1v) is 11.6. The fourth-order valence-corrected chi connectivity index (χ4v) is 4.67. The number of anilines is 1. The molecule has 2 aliphatic rings. The van der Waals surface area contributed by atoms with Crippen molar-refractivity contribution in [1.82, 2.24) is 30.3 Å². The molecule has 10 heteroatoms. The van der Waals surface area contributed by atoms with Crippen LogP contribution in [0.15, 0.2) is 30.7 Å². The maximum Gasteiger partial charge on any atom is 0.256 e. The summed E-state index contributed by atoms with van der Waals surface area (Å²) in [4.78, 5) is 23.5. The van der Waals surface area contributed by atoms with Crippen LogP contribution in [-0.2, 0) is 24.2 Å². The van der Waals surface area contributed by atoms with Crippen LogP contribution in [-0.4, -0.2) is 61.9 Å². The Morgan fingerprint density at radius 1 is 1.18 bits per heavy atom. The number of ether oxygens (including phenoxy) is 1. The van der Waals surface area contributed by atoms with Crippen LogP contribution in [0, 0.1) is 18.7 Å². The number of carbonyl (C=O) groups excluding carboxylic acids is 1. The number of rotatable bonds is 7. The molecule has 1 aromatic carbocycles. The zero-order valence-corrected chi connectivity index (χ0v) is 19.1. The van der Waals surface area contributed by atoms with Crippen molar-refractivity contribution in [3.63, 3.8) is 0 Å². The fourth-order valence-electron chi connectivity index (χ4n) is 4.67. The molecule has 9 nitrogen and oxygen atoms in total. The van der Waals surface area contributed by atoms with Crippen LogP contribution in [0.1, 0.15) is 45.6 Å². The van der Waals surface area contributed by atoms with Crippen molar-refractivity contribution < 1.29 is 13.9 Å².